The Kier molecular flexibility index (Phi) is 9.70. The Bertz CT molecular complexity index is 1130. The molecule has 3 rings (SSSR count). The lowest BCUT2D eigenvalue weighted by molar-refractivity contribution is 0.296. The molecule has 1 nitrogen and oxygen atoms in total. The quantitative estimate of drug-likeness (QED) is 0.184. The number of hydrogen-bond acceptors (Lipinski definition) is 1. The Morgan fingerprint density at radius 2 is 1.53 bits per heavy atom. The van der Waals surface area contributed by atoms with Gasteiger partial charge in [-0.1, -0.05) is 113 Å². The van der Waals surface area contributed by atoms with Crippen molar-refractivity contribution in [1.29, 1.82) is 0 Å². The van der Waals surface area contributed by atoms with Crippen LogP contribution in [0.25, 0.3) is 11.1 Å². The molecule has 0 aromatic heterocycles. The van der Waals surface area contributed by atoms with E-state index in [-0.39, 0.29) is 17.2 Å². The highest BCUT2D eigenvalue weighted by Gasteiger charge is 2.31. The van der Waals surface area contributed by atoms with Crippen molar-refractivity contribution in [3.8, 4) is 11.1 Å². The molecule has 0 radical (unpaired) electrons. The lowest BCUT2D eigenvalue weighted by atomic mass is 9.69. The van der Waals surface area contributed by atoms with Crippen LogP contribution in [-0.4, -0.2) is 7.11 Å². The van der Waals surface area contributed by atoms with E-state index in [4.69, 9.17) is 4.74 Å². The largest absolute Gasteiger partial charge is 0.504 e. The Morgan fingerprint density at radius 1 is 0.917 bits per heavy atom. The average Bonchev–Trinajstić information content (AvgIpc) is 2.87. The molecule has 0 heterocycles. The molecule has 3 aromatic rings. The highest BCUT2D eigenvalue weighted by atomic mass is 19.1. The van der Waals surface area contributed by atoms with Gasteiger partial charge in [0, 0.05) is 0 Å². The highest BCUT2D eigenvalue weighted by Crippen LogP contribution is 2.42. The third-order valence-electron chi connectivity index (χ3n) is 7.32. The minimum absolute atomic E-state index is 0.107. The molecule has 0 bridgehead atoms. The fraction of sp³-hybridized carbons (Fsp3) is 0.353. The van der Waals surface area contributed by atoms with E-state index in [0.29, 0.717) is 11.8 Å². The van der Waals surface area contributed by atoms with Gasteiger partial charge in [0.1, 0.15) is 5.82 Å². The number of rotatable bonds is 12. The van der Waals surface area contributed by atoms with Crippen molar-refractivity contribution in [2.45, 2.75) is 58.3 Å². The number of allylic oxidation sites excluding steroid dienone is 2. The first kappa shape index (κ1) is 27.5. The molecule has 0 saturated carbocycles. The summed E-state index contributed by atoms with van der Waals surface area (Å²) in [5.74, 6) is 0.764. The van der Waals surface area contributed by atoms with Crippen LogP contribution >= 0.6 is 0 Å². The zero-order valence-electron chi connectivity index (χ0n) is 22.5. The van der Waals surface area contributed by atoms with E-state index in [2.05, 4.69) is 82.8 Å². The summed E-state index contributed by atoms with van der Waals surface area (Å²) in [6, 6.07) is 26.6. The molecule has 3 unspecified atom stereocenters. The van der Waals surface area contributed by atoms with E-state index < -0.39 is 0 Å². The van der Waals surface area contributed by atoms with E-state index in [1.807, 2.05) is 24.3 Å². The van der Waals surface area contributed by atoms with Crippen LogP contribution in [0.2, 0.25) is 0 Å². The maximum atomic E-state index is 15.1. The van der Waals surface area contributed by atoms with Crippen molar-refractivity contribution in [2.75, 3.05) is 7.11 Å². The fourth-order valence-corrected chi connectivity index (χ4v) is 5.37. The average molecular weight is 485 g/mol. The normalized spacial score (nSPS) is 14.4. The second kappa shape index (κ2) is 12.7. The van der Waals surface area contributed by atoms with Gasteiger partial charge in [-0.2, -0.15) is 0 Å². The van der Waals surface area contributed by atoms with Crippen LogP contribution in [-0.2, 0) is 10.2 Å². The zero-order chi connectivity index (χ0) is 26.1. The summed E-state index contributed by atoms with van der Waals surface area (Å²) in [6.45, 7) is 13.3. The van der Waals surface area contributed by atoms with Gasteiger partial charge in [-0.3, -0.25) is 0 Å². The molecule has 36 heavy (non-hydrogen) atoms. The number of ether oxygens (including phenoxy) is 1. The molecule has 0 aliphatic heterocycles. The number of halogens is 1. The predicted molar refractivity (Wildman–Crippen MR) is 152 cm³/mol. The summed E-state index contributed by atoms with van der Waals surface area (Å²) in [5, 5.41) is 0. The molecule has 0 aliphatic carbocycles. The highest BCUT2D eigenvalue weighted by molar-refractivity contribution is 5.63. The van der Waals surface area contributed by atoms with Crippen molar-refractivity contribution in [3.05, 3.63) is 120 Å². The summed E-state index contributed by atoms with van der Waals surface area (Å²) in [7, 11) is 1.64. The number of methoxy groups -OCH3 is 1. The Labute approximate surface area is 217 Å². The van der Waals surface area contributed by atoms with Gasteiger partial charge in [0.2, 0.25) is 0 Å². The van der Waals surface area contributed by atoms with Crippen LogP contribution in [0, 0.1) is 17.7 Å². The molecule has 0 saturated heterocycles. The van der Waals surface area contributed by atoms with E-state index >= 15 is 4.39 Å². The van der Waals surface area contributed by atoms with Crippen LogP contribution in [0.15, 0.2) is 103 Å². The van der Waals surface area contributed by atoms with Gasteiger partial charge in [-0.25, -0.2) is 4.39 Å². The van der Waals surface area contributed by atoms with Crippen LogP contribution in [0.3, 0.4) is 0 Å². The van der Waals surface area contributed by atoms with Crippen molar-refractivity contribution in [3.63, 3.8) is 0 Å². The van der Waals surface area contributed by atoms with E-state index in [0.717, 1.165) is 30.4 Å². The van der Waals surface area contributed by atoms with E-state index in [9.17, 15) is 0 Å². The van der Waals surface area contributed by atoms with Crippen LogP contribution in [0.5, 0.6) is 0 Å². The third kappa shape index (κ3) is 7.43. The summed E-state index contributed by atoms with van der Waals surface area (Å²) >= 11 is 0. The molecule has 0 amide bonds. The third-order valence-corrected chi connectivity index (χ3v) is 7.32. The van der Waals surface area contributed by atoms with Crippen molar-refractivity contribution in [1.82, 2.24) is 0 Å². The van der Waals surface area contributed by atoms with Crippen LogP contribution < -0.4 is 0 Å². The summed E-state index contributed by atoms with van der Waals surface area (Å²) in [4.78, 5) is 0. The zero-order valence-corrected chi connectivity index (χ0v) is 22.5. The standard InChI is InChI=1S/C34H41FO/c1-25(20-21-36-6)22-26(2)23-27(3)32(31-14-10-11-15-33(31)35)24-34(4,5)30-18-16-29(17-19-30)28-12-8-7-9-13-28/h7-21,26-27,32H,1,22-24H2,2-6H3. The van der Waals surface area contributed by atoms with Gasteiger partial charge < -0.3 is 4.74 Å². The SMILES string of the molecule is C=C(C=COC)CC(C)CC(C)C(CC(C)(C)c1ccc(-c2ccccc2)cc1)c1ccccc1F. The van der Waals surface area contributed by atoms with E-state index in [1.54, 1.807) is 25.5 Å². The second-order valence-corrected chi connectivity index (χ2v) is 10.9. The summed E-state index contributed by atoms with van der Waals surface area (Å²) in [5.41, 5.74) is 5.48. The summed E-state index contributed by atoms with van der Waals surface area (Å²) < 4.78 is 20.1. The Morgan fingerprint density at radius 3 is 2.17 bits per heavy atom. The molecule has 0 N–H and O–H groups in total. The lowest BCUT2D eigenvalue weighted by Crippen LogP contribution is -2.25. The maximum Gasteiger partial charge on any atom is 0.126 e. The molecular weight excluding hydrogens is 443 g/mol. The summed E-state index contributed by atoms with van der Waals surface area (Å²) in [6.07, 6.45) is 6.38. The van der Waals surface area contributed by atoms with Crippen molar-refractivity contribution >= 4 is 0 Å². The predicted octanol–water partition coefficient (Wildman–Crippen LogP) is 9.71. The molecule has 0 spiro atoms. The fourth-order valence-electron chi connectivity index (χ4n) is 5.37. The minimum Gasteiger partial charge on any atom is -0.504 e. The van der Waals surface area contributed by atoms with Crippen LogP contribution in [0.1, 0.15) is 64.0 Å². The molecule has 3 atom stereocenters. The molecular formula is C34H41FO. The maximum absolute atomic E-state index is 15.1. The first-order valence-electron chi connectivity index (χ1n) is 13.0. The molecule has 3 aromatic carbocycles. The Balaban J connectivity index is 1.81. The van der Waals surface area contributed by atoms with E-state index in [1.165, 1.54) is 16.7 Å². The number of benzene rings is 3. The lowest BCUT2D eigenvalue weighted by Gasteiger charge is -2.35. The van der Waals surface area contributed by atoms with Gasteiger partial charge in [-0.15, -0.1) is 0 Å². The van der Waals surface area contributed by atoms with Gasteiger partial charge in [0.05, 0.1) is 13.4 Å². The topological polar surface area (TPSA) is 9.23 Å². The molecule has 0 aliphatic rings. The van der Waals surface area contributed by atoms with Crippen molar-refractivity contribution in [2.24, 2.45) is 11.8 Å². The van der Waals surface area contributed by atoms with Crippen LogP contribution in [0.4, 0.5) is 4.39 Å². The van der Waals surface area contributed by atoms with Crippen molar-refractivity contribution < 1.29 is 9.13 Å². The van der Waals surface area contributed by atoms with Gasteiger partial charge >= 0.3 is 0 Å². The minimum atomic E-state index is -0.107. The molecule has 0 fully saturated rings. The first-order valence-corrected chi connectivity index (χ1v) is 13.0. The second-order valence-electron chi connectivity index (χ2n) is 10.9. The van der Waals surface area contributed by atoms with Gasteiger partial charge in [-0.05, 0) is 76.8 Å². The molecule has 190 valence electrons. The number of hydrogen-bond donors (Lipinski definition) is 0. The van der Waals surface area contributed by atoms with Gasteiger partial charge in [0.15, 0.2) is 0 Å². The smallest absolute Gasteiger partial charge is 0.126 e. The monoisotopic (exact) mass is 484 g/mol. The first-order chi connectivity index (χ1) is 17.2. The van der Waals surface area contributed by atoms with Gasteiger partial charge in [0.25, 0.3) is 0 Å². The molecule has 2 heteroatoms. The Hall–Kier alpha value is -3.13.